The van der Waals surface area contributed by atoms with Crippen molar-refractivity contribution in [2.24, 2.45) is 0 Å². The van der Waals surface area contributed by atoms with E-state index in [0.29, 0.717) is 0 Å². The predicted octanol–water partition coefficient (Wildman–Crippen LogP) is 4.81. The van der Waals surface area contributed by atoms with Crippen LogP contribution in [0.4, 0.5) is 5.69 Å². The Morgan fingerprint density at radius 3 is 2.00 bits per heavy atom. The van der Waals surface area contributed by atoms with Gasteiger partial charge in [0, 0.05) is 11.3 Å². The first-order chi connectivity index (χ1) is 11.8. The van der Waals surface area contributed by atoms with Gasteiger partial charge in [0.1, 0.15) is 6.04 Å². The fourth-order valence-corrected chi connectivity index (χ4v) is 3.30. The first-order valence-corrected chi connectivity index (χ1v) is 8.25. The fraction of sp³-hybridized carbons (Fsp3) is 0.136. The van der Waals surface area contributed by atoms with Gasteiger partial charge in [-0.05, 0) is 24.6 Å². The van der Waals surface area contributed by atoms with Crippen LogP contribution in [0.1, 0.15) is 27.5 Å². The molecule has 1 aliphatic heterocycles. The number of hydrogen-bond donors (Lipinski definition) is 0. The number of ketones is 1. The van der Waals surface area contributed by atoms with Gasteiger partial charge in [0.25, 0.3) is 0 Å². The standard InChI is InChI=1S/C22H19NO/c1-16-12-14-18(15-13-16)22(24)21-20(17-8-4-2-5-9-17)23(21)19-10-6-3-7-11-19/h2-15,20-21H,1H3. The lowest BCUT2D eigenvalue weighted by molar-refractivity contribution is 0.0990. The number of rotatable bonds is 4. The first-order valence-electron chi connectivity index (χ1n) is 8.25. The lowest BCUT2D eigenvalue weighted by Gasteiger charge is -2.06. The molecule has 0 N–H and O–H groups in total. The SMILES string of the molecule is Cc1ccc(C(=O)C2C(c3ccccc3)N2c2ccccc2)cc1. The summed E-state index contributed by atoms with van der Waals surface area (Å²) in [6.45, 7) is 2.04. The number of anilines is 1. The van der Waals surface area contributed by atoms with Crippen LogP contribution < -0.4 is 4.90 Å². The molecule has 0 radical (unpaired) electrons. The van der Waals surface area contributed by atoms with E-state index in [1.807, 2.05) is 67.6 Å². The van der Waals surface area contributed by atoms with E-state index >= 15 is 0 Å². The Morgan fingerprint density at radius 2 is 1.38 bits per heavy atom. The largest absolute Gasteiger partial charge is 0.349 e. The molecule has 1 fully saturated rings. The van der Waals surface area contributed by atoms with Gasteiger partial charge in [-0.2, -0.15) is 0 Å². The van der Waals surface area contributed by atoms with Crippen molar-refractivity contribution in [1.82, 2.24) is 0 Å². The fourth-order valence-electron chi connectivity index (χ4n) is 3.30. The number of carbonyl (C=O) groups excluding carboxylic acids is 1. The topological polar surface area (TPSA) is 20.1 Å². The average molecular weight is 313 g/mol. The molecule has 118 valence electrons. The number of carbonyl (C=O) groups is 1. The molecule has 0 saturated carbocycles. The Morgan fingerprint density at radius 1 is 0.792 bits per heavy atom. The van der Waals surface area contributed by atoms with E-state index in [1.54, 1.807) is 0 Å². The summed E-state index contributed by atoms with van der Waals surface area (Å²) in [6.07, 6.45) is 0. The van der Waals surface area contributed by atoms with E-state index in [9.17, 15) is 4.79 Å². The molecule has 0 spiro atoms. The van der Waals surface area contributed by atoms with Crippen molar-refractivity contribution in [1.29, 1.82) is 0 Å². The van der Waals surface area contributed by atoms with E-state index < -0.39 is 0 Å². The zero-order chi connectivity index (χ0) is 16.5. The van der Waals surface area contributed by atoms with E-state index in [0.717, 1.165) is 11.3 Å². The van der Waals surface area contributed by atoms with Crippen LogP contribution in [-0.4, -0.2) is 11.8 Å². The summed E-state index contributed by atoms with van der Waals surface area (Å²) in [5.41, 5.74) is 4.23. The summed E-state index contributed by atoms with van der Waals surface area (Å²) in [6, 6.07) is 28.3. The normalized spacial score (nSPS) is 19.1. The molecule has 2 nitrogen and oxygen atoms in total. The quantitative estimate of drug-likeness (QED) is 0.509. The van der Waals surface area contributed by atoms with Gasteiger partial charge in [-0.25, -0.2) is 0 Å². The second kappa shape index (κ2) is 5.97. The maximum Gasteiger partial charge on any atom is 0.187 e. The molecule has 1 saturated heterocycles. The molecule has 1 aliphatic rings. The monoisotopic (exact) mass is 313 g/mol. The Balaban J connectivity index is 1.69. The van der Waals surface area contributed by atoms with Crippen LogP contribution in [0.3, 0.4) is 0 Å². The molecule has 0 aliphatic carbocycles. The Labute approximate surface area is 142 Å². The Bertz CT molecular complexity index is 795. The van der Waals surface area contributed by atoms with Crippen LogP contribution in [0, 0.1) is 6.92 Å². The van der Waals surface area contributed by atoms with E-state index in [1.165, 1.54) is 11.1 Å². The molecule has 3 aromatic rings. The summed E-state index contributed by atoms with van der Waals surface area (Å²) < 4.78 is 0. The smallest absolute Gasteiger partial charge is 0.187 e. The van der Waals surface area contributed by atoms with Crippen molar-refractivity contribution in [3.63, 3.8) is 0 Å². The second-order valence-corrected chi connectivity index (χ2v) is 6.27. The molecule has 4 rings (SSSR count). The van der Waals surface area contributed by atoms with Gasteiger partial charge in [0.2, 0.25) is 0 Å². The molecule has 2 heteroatoms. The third kappa shape index (κ3) is 2.61. The van der Waals surface area contributed by atoms with Crippen LogP contribution in [0.25, 0.3) is 0 Å². The van der Waals surface area contributed by atoms with Crippen molar-refractivity contribution in [3.8, 4) is 0 Å². The molecule has 0 bridgehead atoms. The van der Waals surface area contributed by atoms with Crippen LogP contribution in [0.15, 0.2) is 84.9 Å². The van der Waals surface area contributed by atoms with Crippen LogP contribution >= 0.6 is 0 Å². The van der Waals surface area contributed by atoms with Crippen LogP contribution in [-0.2, 0) is 0 Å². The zero-order valence-corrected chi connectivity index (χ0v) is 13.6. The van der Waals surface area contributed by atoms with Crippen molar-refractivity contribution in [2.75, 3.05) is 4.90 Å². The summed E-state index contributed by atoms with van der Waals surface area (Å²) in [7, 11) is 0. The van der Waals surface area contributed by atoms with E-state index in [-0.39, 0.29) is 17.9 Å². The van der Waals surface area contributed by atoms with Crippen molar-refractivity contribution in [3.05, 3.63) is 102 Å². The highest BCUT2D eigenvalue weighted by molar-refractivity contribution is 6.06. The maximum atomic E-state index is 13.0. The highest BCUT2D eigenvalue weighted by atomic mass is 16.1. The number of Topliss-reactive ketones (excluding diaryl/α,β-unsaturated/α-hetero) is 1. The number of hydrogen-bond acceptors (Lipinski definition) is 2. The molecular formula is C22H19NO. The van der Waals surface area contributed by atoms with Crippen molar-refractivity contribution < 1.29 is 4.79 Å². The van der Waals surface area contributed by atoms with E-state index in [4.69, 9.17) is 0 Å². The van der Waals surface area contributed by atoms with Crippen LogP contribution in [0.5, 0.6) is 0 Å². The minimum atomic E-state index is -0.127. The Kier molecular flexibility index (Phi) is 3.66. The lowest BCUT2D eigenvalue weighted by atomic mass is 10.0. The summed E-state index contributed by atoms with van der Waals surface area (Å²) in [5.74, 6) is 0.188. The second-order valence-electron chi connectivity index (χ2n) is 6.27. The molecule has 3 aromatic carbocycles. The van der Waals surface area contributed by atoms with Gasteiger partial charge in [-0.3, -0.25) is 4.79 Å². The first kappa shape index (κ1) is 14.7. The number of para-hydroxylation sites is 1. The molecule has 2 unspecified atom stereocenters. The molecule has 2 atom stereocenters. The van der Waals surface area contributed by atoms with Crippen LogP contribution in [0.2, 0.25) is 0 Å². The van der Waals surface area contributed by atoms with Crippen molar-refractivity contribution >= 4 is 11.5 Å². The predicted molar refractivity (Wildman–Crippen MR) is 97.4 cm³/mol. The molecular weight excluding hydrogens is 294 g/mol. The summed E-state index contributed by atoms with van der Waals surface area (Å²) in [5, 5.41) is 0. The Hall–Kier alpha value is -2.87. The van der Waals surface area contributed by atoms with Gasteiger partial charge in [0.15, 0.2) is 5.78 Å². The van der Waals surface area contributed by atoms with Crippen molar-refractivity contribution in [2.45, 2.75) is 19.0 Å². The minimum absolute atomic E-state index is 0.113. The number of aryl methyl sites for hydroxylation is 1. The number of benzene rings is 3. The van der Waals surface area contributed by atoms with E-state index in [2.05, 4.69) is 29.2 Å². The summed E-state index contributed by atoms with van der Waals surface area (Å²) in [4.78, 5) is 15.2. The van der Waals surface area contributed by atoms with Gasteiger partial charge < -0.3 is 4.90 Å². The third-order valence-electron chi connectivity index (χ3n) is 4.61. The molecule has 24 heavy (non-hydrogen) atoms. The van der Waals surface area contributed by atoms with Gasteiger partial charge in [-0.15, -0.1) is 0 Å². The van der Waals surface area contributed by atoms with Gasteiger partial charge >= 0.3 is 0 Å². The summed E-state index contributed by atoms with van der Waals surface area (Å²) >= 11 is 0. The average Bonchev–Trinajstić information content (AvgIpc) is 3.39. The molecule has 1 heterocycles. The highest BCUT2D eigenvalue weighted by Gasteiger charge is 2.53. The molecule has 0 amide bonds. The minimum Gasteiger partial charge on any atom is -0.349 e. The van der Waals surface area contributed by atoms with Gasteiger partial charge in [-0.1, -0.05) is 78.4 Å². The zero-order valence-electron chi connectivity index (χ0n) is 13.6. The van der Waals surface area contributed by atoms with Gasteiger partial charge in [0.05, 0.1) is 6.04 Å². The number of nitrogens with zero attached hydrogens (tertiary/aromatic N) is 1. The third-order valence-corrected chi connectivity index (χ3v) is 4.61. The molecule has 0 aromatic heterocycles. The maximum absolute atomic E-state index is 13.0. The highest BCUT2D eigenvalue weighted by Crippen LogP contribution is 2.48. The lowest BCUT2D eigenvalue weighted by Crippen LogP contribution is -2.12.